The molecule has 13 nitrogen and oxygen atoms in total. The van der Waals surface area contributed by atoms with Crippen molar-refractivity contribution in [3.8, 4) is 23.0 Å². The zero-order valence-corrected chi connectivity index (χ0v) is 26.5. The summed E-state index contributed by atoms with van der Waals surface area (Å²) in [5, 5.41) is 68.5. The molecule has 48 heavy (non-hydrogen) atoms. The summed E-state index contributed by atoms with van der Waals surface area (Å²) in [4.78, 5) is 40.4. The van der Waals surface area contributed by atoms with Crippen molar-refractivity contribution in [2.24, 2.45) is 0 Å². The zero-order valence-electron chi connectivity index (χ0n) is 26.5. The first-order valence-electron chi connectivity index (χ1n) is 15.5. The van der Waals surface area contributed by atoms with Gasteiger partial charge in [0.05, 0.1) is 42.1 Å². The number of aryl methyl sites for hydroxylation is 1. The maximum Gasteiger partial charge on any atom is 0.202 e. The number of methoxy groups -OCH3 is 1. The van der Waals surface area contributed by atoms with Crippen LogP contribution in [0.15, 0.2) is 36.4 Å². The van der Waals surface area contributed by atoms with Gasteiger partial charge in [-0.25, -0.2) is 0 Å². The Labute approximate surface area is 275 Å². The number of hydrogen-bond acceptors (Lipinski definition) is 13. The second-order valence-electron chi connectivity index (χ2n) is 12.6. The second-order valence-corrected chi connectivity index (χ2v) is 12.6. The number of hydrogen-bond donors (Lipinski definition) is 7. The van der Waals surface area contributed by atoms with Gasteiger partial charge in [0, 0.05) is 48.5 Å². The SMILES string of the molecule is COc1cccc2c1C(=O)c1c(O)c3c(c(O)c1C2=O)C[C@@](O)(C(=O)CO)C[C@@H]3O[C@H]1C[C@@H](NCc2ccc(O)c(C)c2)[C@H](O)C(C)O1. The minimum Gasteiger partial charge on any atom is -0.508 e. The van der Waals surface area contributed by atoms with Gasteiger partial charge < -0.3 is 50.2 Å². The molecule has 1 heterocycles. The third kappa shape index (κ3) is 5.51. The number of phenolic OH excluding ortho intramolecular Hbond substituents is 3. The average molecular weight is 664 g/mol. The summed E-state index contributed by atoms with van der Waals surface area (Å²) in [6.07, 6.45) is -5.18. The summed E-state index contributed by atoms with van der Waals surface area (Å²) in [5.41, 5.74) is -2.17. The molecule has 7 N–H and O–H groups in total. The summed E-state index contributed by atoms with van der Waals surface area (Å²) in [5.74, 6) is -3.66. The maximum absolute atomic E-state index is 13.9. The highest BCUT2D eigenvalue weighted by molar-refractivity contribution is 6.31. The molecule has 13 heteroatoms. The fourth-order valence-electron chi connectivity index (χ4n) is 6.99. The Bertz CT molecular complexity index is 1820. The number of carbonyl (C=O) groups is 3. The normalized spacial score (nSPS) is 26.4. The standard InChI is InChI=1S/C35H37NO12/c1-15-9-17(7-8-21(15)38)13-36-20-10-25(47-16(2)30(20)40)48-23-12-35(45,24(39)14-37)11-19-27(23)34(44)29-28(32(19)42)31(41)18-5-4-6-22(46-3)26(18)33(29)43/h4-9,16,20,23,25,30,36-38,40,42,44-45H,10-14H2,1-3H3/t16?,20-,23+,25+,30-,35+/m1/s1. The molecule has 1 unspecified atom stereocenters. The largest absolute Gasteiger partial charge is 0.508 e. The lowest BCUT2D eigenvalue weighted by Crippen LogP contribution is -2.54. The van der Waals surface area contributed by atoms with Gasteiger partial charge in [-0.15, -0.1) is 0 Å². The van der Waals surface area contributed by atoms with Crippen LogP contribution in [-0.2, 0) is 27.2 Å². The van der Waals surface area contributed by atoms with E-state index in [1.165, 1.54) is 25.3 Å². The quantitative estimate of drug-likeness (QED) is 0.134. The number of rotatable bonds is 8. The van der Waals surface area contributed by atoms with Crippen LogP contribution in [0.2, 0.25) is 0 Å². The molecule has 6 atom stereocenters. The highest BCUT2D eigenvalue weighted by Crippen LogP contribution is 2.52. The van der Waals surface area contributed by atoms with Crippen LogP contribution in [0, 0.1) is 6.92 Å². The van der Waals surface area contributed by atoms with Gasteiger partial charge in [-0.1, -0.05) is 24.3 Å². The molecule has 0 saturated carbocycles. The number of Topliss-reactive ketones (excluding diaryl/α,β-unsaturated/α-hetero) is 1. The lowest BCUT2D eigenvalue weighted by atomic mass is 9.72. The Kier molecular flexibility index (Phi) is 8.79. The Hall–Kier alpha value is -4.37. The van der Waals surface area contributed by atoms with Crippen LogP contribution < -0.4 is 10.1 Å². The number of carbonyl (C=O) groups excluding carboxylic acids is 3. The van der Waals surface area contributed by atoms with E-state index >= 15 is 0 Å². The van der Waals surface area contributed by atoms with Crippen molar-refractivity contribution in [2.75, 3.05) is 13.7 Å². The molecule has 3 aliphatic rings. The third-order valence-corrected chi connectivity index (χ3v) is 9.59. The summed E-state index contributed by atoms with van der Waals surface area (Å²) >= 11 is 0. The van der Waals surface area contributed by atoms with Gasteiger partial charge in [0.15, 0.2) is 17.9 Å². The minimum atomic E-state index is -2.28. The van der Waals surface area contributed by atoms with Crippen molar-refractivity contribution in [1.82, 2.24) is 5.32 Å². The van der Waals surface area contributed by atoms with E-state index in [-0.39, 0.29) is 40.2 Å². The first-order valence-corrected chi connectivity index (χ1v) is 15.5. The molecule has 0 amide bonds. The van der Waals surface area contributed by atoms with Crippen molar-refractivity contribution in [3.63, 3.8) is 0 Å². The summed E-state index contributed by atoms with van der Waals surface area (Å²) in [6, 6.07) is 8.93. The molecule has 254 valence electrons. The zero-order chi connectivity index (χ0) is 34.7. The number of ether oxygens (including phenoxy) is 3. The van der Waals surface area contributed by atoms with E-state index in [9.17, 15) is 45.0 Å². The van der Waals surface area contributed by atoms with Gasteiger partial charge in [0.1, 0.15) is 35.2 Å². The van der Waals surface area contributed by atoms with Crippen molar-refractivity contribution in [1.29, 1.82) is 0 Å². The van der Waals surface area contributed by atoms with Crippen LogP contribution >= 0.6 is 0 Å². The van der Waals surface area contributed by atoms with Crippen LogP contribution in [0.3, 0.4) is 0 Å². The van der Waals surface area contributed by atoms with Crippen LogP contribution in [-0.4, -0.2) is 91.8 Å². The van der Waals surface area contributed by atoms with E-state index in [1.54, 1.807) is 32.0 Å². The number of ketones is 3. The van der Waals surface area contributed by atoms with E-state index in [1.807, 2.05) is 0 Å². The first kappa shape index (κ1) is 33.5. The number of aliphatic hydroxyl groups excluding tert-OH is 2. The maximum atomic E-state index is 13.9. The molecule has 2 aliphatic carbocycles. The number of aromatic hydroxyl groups is 3. The topological polar surface area (TPSA) is 212 Å². The molecule has 1 aliphatic heterocycles. The van der Waals surface area contributed by atoms with E-state index in [2.05, 4.69) is 5.32 Å². The molecular weight excluding hydrogens is 626 g/mol. The van der Waals surface area contributed by atoms with Gasteiger partial charge in [-0.2, -0.15) is 0 Å². The van der Waals surface area contributed by atoms with Gasteiger partial charge in [-0.05, 0) is 37.1 Å². The van der Waals surface area contributed by atoms with Crippen molar-refractivity contribution >= 4 is 17.3 Å². The Morgan fingerprint density at radius 2 is 1.79 bits per heavy atom. The highest BCUT2D eigenvalue weighted by Gasteiger charge is 2.50. The average Bonchev–Trinajstić information content (AvgIpc) is 3.06. The van der Waals surface area contributed by atoms with Crippen LogP contribution in [0.5, 0.6) is 23.0 Å². The molecule has 6 rings (SSSR count). The van der Waals surface area contributed by atoms with Crippen LogP contribution in [0.1, 0.15) is 80.0 Å². The number of aliphatic hydroxyl groups is 3. The number of benzene rings is 3. The van der Waals surface area contributed by atoms with Gasteiger partial charge >= 0.3 is 0 Å². The van der Waals surface area contributed by atoms with Crippen LogP contribution in [0.4, 0.5) is 0 Å². The molecular formula is C35H37NO12. The molecule has 1 saturated heterocycles. The van der Waals surface area contributed by atoms with Crippen molar-refractivity contribution in [3.05, 3.63) is 80.9 Å². The lowest BCUT2D eigenvalue weighted by Gasteiger charge is -2.43. The van der Waals surface area contributed by atoms with E-state index in [0.29, 0.717) is 12.1 Å². The van der Waals surface area contributed by atoms with E-state index < -0.39 is 95.7 Å². The Morgan fingerprint density at radius 1 is 1.06 bits per heavy atom. The van der Waals surface area contributed by atoms with Gasteiger partial charge in [0.25, 0.3) is 0 Å². The molecule has 3 aromatic carbocycles. The molecule has 0 spiro atoms. The fourth-order valence-corrected chi connectivity index (χ4v) is 6.99. The van der Waals surface area contributed by atoms with Gasteiger partial charge in [-0.3, -0.25) is 14.4 Å². The molecule has 0 bridgehead atoms. The predicted octanol–water partition coefficient (Wildman–Crippen LogP) is 1.85. The third-order valence-electron chi connectivity index (χ3n) is 9.59. The smallest absolute Gasteiger partial charge is 0.202 e. The van der Waals surface area contributed by atoms with E-state index in [0.717, 1.165) is 5.56 Å². The molecule has 0 aromatic heterocycles. The van der Waals surface area contributed by atoms with Crippen molar-refractivity contribution < 1.29 is 59.2 Å². The van der Waals surface area contributed by atoms with Gasteiger partial charge in [0.2, 0.25) is 5.78 Å². The summed E-state index contributed by atoms with van der Waals surface area (Å²) in [6.45, 7) is 2.70. The monoisotopic (exact) mass is 663 g/mol. The molecule has 0 radical (unpaired) electrons. The minimum absolute atomic E-state index is 0.0593. The first-order chi connectivity index (χ1) is 22.8. The number of fused-ring (bicyclic) bond motifs is 3. The van der Waals surface area contributed by atoms with Crippen LogP contribution in [0.25, 0.3) is 0 Å². The second kappa shape index (κ2) is 12.6. The Morgan fingerprint density at radius 3 is 2.48 bits per heavy atom. The number of phenols is 3. The lowest BCUT2D eigenvalue weighted by molar-refractivity contribution is -0.250. The Balaban J connectivity index is 1.38. The number of nitrogens with one attached hydrogen (secondary N) is 1. The van der Waals surface area contributed by atoms with E-state index in [4.69, 9.17) is 14.2 Å². The van der Waals surface area contributed by atoms with Crippen molar-refractivity contribution in [2.45, 2.75) is 75.9 Å². The summed E-state index contributed by atoms with van der Waals surface area (Å²) in [7, 11) is 1.33. The molecule has 1 fully saturated rings. The molecule has 3 aromatic rings. The predicted molar refractivity (Wildman–Crippen MR) is 167 cm³/mol. The summed E-state index contributed by atoms with van der Waals surface area (Å²) < 4.78 is 17.6. The highest BCUT2D eigenvalue weighted by atomic mass is 16.7. The fraction of sp³-hybridized carbons (Fsp3) is 0.400.